The third-order valence-corrected chi connectivity index (χ3v) is 2.36. The molecule has 0 saturated carbocycles. The minimum atomic E-state index is -1.03. The molecule has 2 rings (SSSR count). The van der Waals surface area contributed by atoms with Crippen LogP contribution in [0.2, 0.25) is 0 Å². The van der Waals surface area contributed by atoms with E-state index in [1.165, 1.54) is 5.01 Å². The van der Waals surface area contributed by atoms with Crippen LogP contribution in [0.3, 0.4) is 0 Å². The van der Waals surface area contributed by atoms with Crippen molar-refractivity contribution in [2.24, 2.45) is 5.10 Å². The number of amides is 1. The van der Waals surface area contributed by atoms with Crippen LogP contribution in [-0.4, -0.2) is 29.3 Å². The molecule has 6 nitrogen and oxygen atoms in total. The Hall–Kier alpha value is -2.37. The van der Waals surface area contributed by atoms with Gasteiger partial charge in [-0.2, -0.15) is 5.10 Å². The molecule has 1 aromatic rings. The second-order valence-corrected chi connectivity index (χ2v) is 3.89. The number of carboxylic acid groups (broad SMARTS) is 1. The van der Waals surface area contributed by atoms with Gasteiger partial charge in [0.05, 0.1) is 12.1 Å². The normalized spacial score (nSPS) is 14.6. The molecule has 0 fully saturated rings. The number of carbonyl (C=O) groups is 2. The summed E-state index contributed by atoms with van der Waals surface area (Å²) in [6, 6.07) is 6.54. The van der Waals surface area contributed by atoms with E-state index in [-0.39, 0.29) is 12.5 Å². The summed E-state index contributed by atoms with van der Waals surface area (Å²) in [7, 11) is 0. The van der Waals surface area contributed by atoms with Crippen molar-refractivity contribution < 1.29 is 19.4 Å². The zero-order chi connectivity index (χ0) is 13.1. The molecular weight excluding hydrogens is 236 g/mol. The van der Waals surface area contributed by atoms with E-state index in [1.54, 1.807) is 31.2 Å². The second kappa shape index (κ2) is 4.87. The highest BCUT2D eigenvalue weighted by Crippen LogP contribution is 2.23. The maximum Gasteiger partial charge on any atom is 0.341 e. The molecule has 1 aliphatic rings. The van der Waals surface area contributed by atoms with Gasteiger partial charge in [-0.3, -0.25) is 4.79 Å². The fraction of sp³-hybridized carbons (Fsp3) is 0.250. The zero-order valence-electron chi connectivity index (χ0n) is 9.79. The molecule has 1 heterocycles. The van der Waals surface area contributed by atoms with Gasteiger partial charge in [-0.15, -0.1) is 0 Å². The number of ether oxygens (including phenoxy) is 1. The van der Waals surface area contributed by atoms with E-state index in [9.17, 15) is 9.59 Å². The molecule has 1 amide bonds. The summed E-state index contributed by atoms with van der Waals surface area (Å²) >= 11 is 0. The Kier molecular flexibility index (Phi) is 3.27. The molecule has 0 saturated heterocycles. The van der Waals surface area contributed by atoms with Crippen LogP contribution in [0.1, 0.15) is 13.3 Å². The van der Waals surface area contributed by atoms with Gasteiger partial charge in [0.15, 0.2) is 6.61 Å². The van der Waals surface area contributed by atoms with E-state index in [1.807, 2.05) is 0 Å². The minimum absolute atomic E-state index is 0.0771. The van der Waals surface area contributed by atoms with E-state index >= 15 is 0 Å². The molecule has 6 heteroatoms. The quantitative estimate of drug-likeness (QED) is 0.870. The van der Waals surface area contributed by atoms with Crippen LogP contribution >= 0.6 is 0 Å². The smallest absolute Gasteiger partial charge is 0.341 e. The molecule has 1 aromatic carbocycles. The van der Waals surface area contributed by atoms with Gasteiger partial charge in [0.1, 0.15) is 5.75 Å². The maximum atomic E-state index is 11.6. The van der Waals surface area contributed by atoms with Gasteiger partial charge in [-0.05, 0) is 31.2 Å². The first kappa shape index (κ1) is 12.1. The Bertz CT molecular complexity index is 507. The first-order chi connectivity index (χ1) is 8.56. The average Bonchev–Trinajstić information content (AvgIpc) is 2.66. The first-order valence-corrected chi connectivity index (χ1v) is 5.38. The lowest BCUT2D eigenvalue weighted by molar-refractivity contribution is -0.139. The van der Waals surface area contributed by atoms with Crippen LogP contribution < -0.4 is 9.75 Å². The lowest BCUT2D eigenvalue weighted by Gasteiger charge is -2.12. The van der Waals surface area contributed by atoms with Gasteiger partial charge < -0.3 is 9.84 Å². The van der Waals surface area contributed by atoms with Gasteiger partial charge in [-0.1, -0.05) is 0 Å². The summed E-state index contributed by atoms with van der Waals surface area (Å²) in [5.41, 5.74) is 1.41. The Morgan fingerprint density at radius 1 is 1.44 bits per heavy atom. The van der Waals surface area contributed by atoms with Crippen molar-refractivity contribution in [2.45, 2.75) is 13.3 Å². The van der Waals surface area contributed by atoms with Crippen LogP contribution in [-0.2, 0) is 9.59 Å². The van der Waals surface area contributed by atoms with Gasteiger partial charge in [0, 0.05) is 5.71 Å². The van der Waals surface area contributed by atoms with Crippen LogP contribution in [0.5, 0.6) is 5.75 Å². The highest BCUT2D eigenvalue weighted by atomic mass is 16.5. The number of nitrogens with zero attached hydrogens (tertiary/aromatic N) is 2. The van der Waals surface area contributed by atoms with E-state index in [0.29, 0.717) is 17.9 Å². The van der Waals surface area contributed by atoms with E-state index in [0.717, 1.165) is 5.71 Å². The van der Waals surface area contributed by atoms with E-state index < -0.39 is 5.97 Å². The van der Waals surface area contributed by atoms with Crippen molar-refractivity contribution in [3.63, 3.8) is 0 Å². The predicted molar refractivity (Wildman–Crippen MR) is 64.8 cm³/mol. The van der Waals surface area contributed by atoms with Gasteiger partial charge >= 0.3 is 5.97 Å². The fourth-order valence-corrected chi connectivity index (χ4v) is 1.59. The maximum absolute atomic E-state index is 11.6. The van der Waals surface area contributed by atoms with E-state index in [4.69, 9.17) is 9.84 Å². The SMILES string of the molecule is CC1=NN(c2ccc(OCC(=O)O)cc2)C(=O)C1. The molecule has 1 N–H and O–H groups in total. The van der Waals surface area contributed by atoms with Crippen molar-refractivity contribution in [2.75, 3.05) is 11.6 Å². The highest BCUT2D eigenvalue weighted by Gasteiger charge is 2.22. The predicted octanol–water partition coefficient (Wildman–Crippen LogP) is 1.26. The Morgan fingerprint density at radius 2 is 2.11 bits per heavy atom. The van der Waals surface area contributed by atoms with Crippen molar-refractivity contribution in [1.82, 2.24) is 0 Å². The molecule has 0 atom stereocenters. The monoisotopic (exact) mass is 248 g/mol. The largest absolute Gasteiger partial charge is 0.482 e. The number of benzene rings is 1. The lowest BCUT2D eigenvalue weighted by atomic mass is 10.2. The number of rotatable bonds is 4. The summed E-state index contributed by atoms with van der Waals surface area (Å²) in [6.07, 6.45) is 0.331. The van der Waals surface area contributed by atoms with Gasteiger partial charge in [-0.25, -0.2) is 9.80 Å². The number of hydrogen-bond donors (Lipinski definition) is 1. The van der Waals surface area contributed by atoms with Gasteiger partial charge in [0.2, 0.25) is 0 Å². The highest BCUT2D eigenvalue weighted by molar-refractivity contribution is 6.12. The second-order valence-electron chi connectivity index (χ2n) is 3.89. The van der Waals surface area contributed by atoms with Crippen molar-refractivity contribution in [1.29, 1.82) is 0 Å². The summed E-state index contributed by atoms with van der Waals surface area (Å²) < 4.78 is 4.99. The molecule has 0 spiro atoms. The van der Waals surface area contributed by atoms with Crippen molar-refractivity contribution >= 4 is 23.3 Å². The molecule has 18 heavy (non-hydrogen) atoms. The standard InChI is InChI=1S/C12H12N2O4/c1-8-6-11(15)14(13-8)9-2-4-10(5-3-9)18-7-12(16)17/h2-5H,6-7H2,1H3,(H,16,17). The summed E-state index contributed by atoms with van der Waals surface area (Å²) in [4.78, 5) is 21.9. The number of hydrazone groups is 1. The molecule has 0 aromatic heterocycles. The van der Waals surface area contributed by atoms with Crippen LogP contribution in [0.4, 0.5) is 5.69 Å². The zero-order valence-corrected chi connectivity index (χ0v) is 9.79. The number of aliphatic carboxylic acids is 1. The molecule has 0 unspecified atom stereocenters. The summed E-state index contributed by atoms with van der Waals surface area (Å²) in [5.74, 6) is -0.672. The Morgan fingerprint density at radius 3 is 2.61 bits per heavy atom. The van der Waals surface area contributed by atoms with Crippen molar-refractivity contribution in [3.8, 4) is 5.75 Å². The molecular formula is C12H12N2O4. The van der Waals surface area contributed by atoms with Gasteiger partial charge in [0.25, 0.3) is 5.91 Å². The van der Waals surface area contributed by atoms with Crippen molar-refractivity contribution in [3.05, 3.63) is 24.3 Å². The minimum Gasteiger partial charge on any atom is -0.482 e. The number of hydrogen-bond acceptors (Lipinski definition) is 4. The Labute approximate surface area is 103 Å². The molecule has 0 aliphatic carbocycles. The number of anilines is 1. The molecule has 0 bridgehead atoms. The molecule has 1 aliphatic heterocycles. The third-order valence-electron chi connectivity index (χ3n) is 2.36. The fourth-order valence-electron chi connectivity index (χ4n) is 1.59. The molecule has 0 radical (unpaired) electrons. The summed E-state index contributed by atoms with van der Waals surface area (Å²) in [5, 5.41) is 13.9. The van der Waals surface area contributed by atoms with Crippen LogP contribution in [0, 0.1) is 0 Å². The van der Waals surface area contributed by atoms with Crippen LogP contribution in [0.15, 0.2) is 29.4 Å². The van der Waals surface area contributed by atoms with Crippen LogP contribution in [0.25, 0.3) is 0 Å². The topological polar surface area (TPSA) is 79.2 Å². The lowest BCUT2D eigenvalue weighted by Crippen LogP contribution is -2.19. The number of carbonyl (C=O) groups excluding carboxylic acids is 1. The Balaban J connectivity index is 2.08. The third kappa shape index (κ3) is 2.65. The average molecular weight is 248 g/mol. The molecule has 94 valence electrons. The van der Waals surface area contributed by atoms with E-state index in [2.05, 4.69) is 5.10 Å². The summed E-state index contributed by atoms with van der Waals surface area (Å²) in [6.45, 7) is 1.40. The number of carboxylic acids is 1. The first-order valence-electron chi connectivity index (χ1n) is 5.38.